The van der Waals surface area contributed by atoms with Crippen LogP contribution in [0, 0.1) is 5.82 Å². The van der Waals surface area contributed by atoms with Crippen LogP contribution in [0.4, 0.5) is 16.2 Å². The number of fused-ring (bicyclic) bond motifs is 1. The molecule has 6 rings (SSSR count). The van der Waals surface area contributed by atoms with Gasteiger partial charge in [0.2, 0.25) is 5.95 Å². The van der Waals surface area contributed by atoms with Gasteiger partial charge in [0.25, 0.3) is 0 Å². The fraction of sp³-hybridized carbons (Fsp3) is 0.433. The second-order valence-corrected chi connectivity index (χ2v) is 10.7. The summed E-state index contributed by atoms with van der Waals surface area (Å²) in [5.41, 5.74) is 5.91. The zero-order chi connectivity index (χ0) is 27.5. The van der Waals surface area contributed by atoms with Crippen molar-refractivity contribution in [3.8, 4) is 17.0 Å². The van der Waals surface area contributed by atoms with Crippen LogP contribution in [-0.2, 0) is 6.54 Å². The molecule has 2 aliphatic rings. The highest BCUT2D eigenvalue weighted by molar-refractivity contribution is 5.91. The zero-order valence-electron chi connectivity index (χ0n) is 23.2. The highest BCUT2D eigenvalue weighted by Crippen LogP contribution is 2.38. The minimum atomic E-state index is -0.484. The number of aromatic nitrogens is 4. The summed E-state index contributed by atoms with van der Waals surface area (Å²) < 4.78 is 17.3. The summed E-state index contributed by atoms with van der Waals surface area (Å²) >= 11 is 0. The summed E-state index contributed by atoms with van der Waals surface area (Å²) in [5, 5.41) is 4.05. The van der Waals surface area contributed by atoms with E-state index in [0.29, 0.717) is 23.4 Å². The van der Waals surface area contributed by atoms with Crippen LogP contribution >= 0.6 is 0 Å². The fourth-order valence-corrected chi connectivity index (χ4v) is 5.91. The molecule has 4 aromatic rings. The van der Waals surface area contributed by atoms with E-state index in [1.54, 1.807) is 7.05 Å². The van der Waals surface area contributed by atoms with E-state index in [1.165, 1.54) is 19.0 Å². The summed E-state index contributed by atoms with van der Waals surface area (Å²) in [4.78, 5) is 23.9. The Morgan fingerprint density at radius 1 is 1.00 bits per heavy atom. The molecule has 3 aromatic heterocycles. The molecule has 9 nitrogen and oxygen atoms in total. The van der Waals surface area contributed by atoms with Crippen LogP contribution in [0.5, 0.6) is 5.75 Å². The Hall–Kier alpha value is -3.60. The van der Waals surface area contributed by atoms with Crippen molar-refractivity contribution in [3.05, 3.63) is 60.3 Å². The SMILES string of the molecule is CCN1CCN(Cc2ccc(Nc3ncc(F)c(-c4ccc5c(c4)c(ONC)cn5C4CCCC4)n3)nc2)CC1. The van der Waals surface area contributed by atoms with Gasteiger partial charge in [0.1, 0.15) is 11.5 Å². The maximum Gasteiger partial charge on any atom is 0.229 e. The third-order valence-corrected chi connectivity index (χ3v) is 8.13. The molecule has 2 fully saturated rings. The summed E-state index contributed by atoms with van der Waals surface area (Å²) in [6, 6.07) is 10.3. The smallest absolute Gasteiger partial charge is 0.229 e. The molecule has 0 unspecified atom stereocenters. The van der Waals surface area contributed by atoms with Crippen LogP contribution in [0.3, 0.4) is 0 Å². The summed E-state index contributed by atoms with van der Waals surface area (Å²) in [6.45, 7) is 8.55. The molecular weight excluding hydrogens is 507 g/mol. The van der Waals surface area contributed by atoms with Gasteiger partial charge >= 0.3 is 0 Å². The first-order valence-corrected chi connectivity index (χ1v) is 14.3. The van der Waals surface area contributed by atoms with E-state index >= 15 is 0 Å². The van der Waals surface area contributed by atoms with Gasteiger partial charge in [0.15, 0.2) is 11.6 Å². The quantitative estimate of drug-likeness (QED) is 0.280. The lowest BCUT2D eigenvalue weighted by Gasteiger charge is -2.33. The molecule has 10 heteroatoms. The second-order valence-electron chi connectivity index (χ2n) is 10.7. The number of nitrogens with one attached hydrogen (secondary N) is 2. The minimum Gasteiger partial charge on any atom is -0.407 e. The van der Waals surface area contributed by atoms with Crippen molar-refractivity contribution in [1.82, 2.24) is 34.8 Å². The lowest BCUT2D eigenvalue weighted by Crippen LogP contribution is -2.45. The topological polar surface area (TPSA) is 83.4 Å². The summed E-state index contributed by atoms with van der Waals surface area (Å²) in [5.74, 6) is 1.15. The van der Waals surface area contributed by atoms with Gasteiger partial charge < -0.3 is 19.6 Å². The number of benzene rings is 1. The monoisotopic (exact) mass is 544 g/mol. The molecule has 0 amide bonds. The van der Waals surface area contributed by atoms with Gasteiger partial charge in [-0.2, -0.15) is 5.48 Å². The third-order valence-electron chi connectivity index (χ3n) is 8.13. The number of hydrogen-bond acceptors (Lipinski definition) is 8. The predicted octanol–water partition coefficient (Wildman–Crippen LogP) is 5.14. The third kappa shape index (κ3) is 5.65. The van der Waals surface area contributed by atoms with Crippen LogP contribution in [-0.4, -0.2) is 69.1 Å². The van der Waals surface area contributed by atoms with Gasteiger partial charge in [-0.3, -0.25) is 4.90 Å². The normalized spacial score (nSPS) is 17.1. The van der Waals surface area contributed by atoms with Crippen LogP contribution in [0.1, 0.15) is 44.2 Å². The Balaban J connectivity index is 1.20. The maximum absolute atomic E-state index is 15.0. The average molecular weight is 545 g/mol. The Morgan fingerprint density at radius 2 is 1.80 bits per heavy atom. The lowest BCUT2D eigenvalue weighted by molar-refractivity contribution is 0.132. The molecule has 40 heavy (non-hydrogen) atoms. The molecule has 0 atom stereocenters. The fourth-order valence-electron chi connectivity index (χ4n) is 5.91. The van der Waals surface area contributed by atoms with Gasteiger partial charge in [0.05, 0.1) is 11.7 Å². The standard InChI is InChI=1S/C30H37FN8O/c1-3-37-12-14-38(15-13-37)19-21-8-11-28(33-17-21)35-30-34-18-25(31)29(36-30)22-9-10-26-24(16-22)27(40-32-2)20-39(26)23-6-4-5-7-23/h8-11,16-18,20,23,32H,3-7,12-15,19H2,1-2H3,(H,33,34,35,36). The zero-order valence-corrected chi connectivity index (χ0v) is 23.2. The Bertz CT molecular complexity index is 1440. The number of rotatable bonds is 9. The minimum absolute atomic E-state index is 0.228. The largest absolute Gasteiger partial charge is 0.407 e. The van der Waals surface area contributed by atoms with E-state index in [1.807, 2.05) is 36.7 Å². The molecule has 1 saturated carbocycles. The van der Waals surface area contributed by atoms with Crippen molar-refractivity contribution in [2.45, 2.75) is 45.2 Å². The van der Waals surface area contributed by atoms with Gasteiger partial charge in [0, 0.05) is 69.2 Å². The van der Waals surface area contributed by atoms with Crippen LogP contribution in [0.2, 0.25) is 0 Å². The maximum atomic E-state index is 15.0. The van der Waals surface area contributed by atoms with Gasteiger partial charge in [-0.05, 0) is 43.1 Å². The number of hydrogen-bond donors (Lipinski definition) is 2. The van der Waals surface area contributed by atoms with Crippen LogP contribution in [0.15, 0.2) is 48.9 Å². The van der Waals surface area contributed by atoms with Crippen molar-refractivity contribution in [1.29, 1.82) is 0 Å². The van der Waals surface area contributed by atoms with E-state index in [-0.39, 0.29) is 5.69 Å². The van der Waals surface area contributed by atoms with E-state index in [2.05, 4.69) is 53.1 Å². The molecule has 4 heterocycles. The second kappa shape index (κ2) is 11.9. The van der Waals surface area contributed by atoms with Crippen molar-refractivity contribution in [2.75, 3.05) is 45.1 Å². The number of anilines is 2. The van der Waals surface area contributed by atoms with Gasteiger partial charge in [-0.15, -0.1) is 0 Å². The first-order chi connectivity index (χ1) is 19.6. The first-order valence-electron chi connectivity index (χ1n) is 14.3. The first kappa shape index (κ1) is 26.6. The Labute approximate surface area is 234 Å². The van der Waals surface area contributed by atoms with Crippen molar-refractivity contribution >= 4 is 22.7 Å². The van der Waals surface area contributed by atoms with E-state index in [4.69, 9.17) is 4.84 Å². The lowest BCUT2D eigenvalue weighted by atomic mass is 10.1. The number of halogens is 1. The number of piperazine rings is 1. The molecule has 0 spiro atoms. The molecule has 1 saturated heterocycles. The molecule has 0 bridgehead atoms. The van der Waals surface area contributed by atoms with Gasteiger partial charge in [-0.1, -0.05) is 31.9 Å². The Kier molecular flexibility index (Phi) is 7.90. The molecule has 1 aliphatic carbocycles. The number of likely N-dealkylation sites (N-methyl/N-ethyl adjacent to an activating group) is 1. The predicted molar refractivity (Wildman–Crippen MR) is 155 cm³/mol. The summed E-state index contributed by atoms with van der Waals surface area (Å²) in [7, 11) is 1.73. The highest BCUT2D eigenvalue weighted by atomic mass is 19.1. The summed E-state index contributed by atoms with van der Waals surface area (Å²) in [6.07, 6.45) is 9.92. The number of nitrogens with zero attached hydrogens (tertiary/aromatic N) is 6. The highest BCUT2D eigenvalue weighted by Gasteiger charge is 2.22. The number of hydroxylamine groups is 1. The number of pyridine rings is 1. The molecular formula is C30H37FN8O. The van der Waals surface area contributed by atoms with E-state index in [9.17, 15) is 4.39 Å². The van der Waals surface area contributed by atoms with E-state index in [0.717, 1.165) is 74.3 Å². The average Bonchev–Trinajstić information content (AvgIpc) is 3.64. The van der Waals surface area contributed by atoms with Crippen molar-refractivity contribution in [2.24, 2.45) is 0 Å². The van der Waals surface area contributed by atoms with Crippen LogP contribution in [0.25, 0.3) is 22.2 Å². The molecule has 1 aromatic carbocycles. The van der Waals surface area contributed by atoms with E-state index < -0.39 is 5.82 Å². The molecule has 2 N–H and O–H groups in total. The van der Waals surface area contributed by atoms with Crippen LogP contribution < -0.4 is 15.6 Å². The Morgan fingerprint density at radius 3 is 2.52 bits per heavy atom. The molecule has 1 aliphatic heterocycles. The molecule has 210 valence electrons. The van der Waals surface area contributed by atoms with Crippen molar-refractivity contribution in [3.63, 3.8) is 0 Å². The molecule has 0 radical (unpaired) electrons. The van der Waals surface area contributed by atoms with Gasteiger partial charge in [-0.25, -0.2) is 19.3 Å². The van der Waals surface area contributed by atoms with Crippen molar-refractivity contribution < 1.29 is 9.23 Å².